The predicted molar refractivity (Wildman–Crippen MR) is 132 cm³/mol. The third-order valence-electron chi connectivity index (χ3n) is 5.77. The number of benzene rings is 1. The van der Waals surface area contributed by atoms with Crippen LogP contribution in [0.5, 0.6) is 0 Å². The zero-order valence-corrected chi connectivity index (χ0v) is 20.5. The SMILES string of the molecule is CCOC(=O)c1sc2nc(SCc3cccc(F)c3)n(CCC3=CCCCC3)c(=O)c2c1C. The van der Waals surface area contributed by atoms with E-state index in [4.69, 9.17) is 9.72 Å². The maximum atomic E-state index is 13.6. The van der Waals surface area contributed by atoms with Crippen LogP contribution in [-0.2, 0) is 17.0 Å². The third-order valence-corrected chi connectivity index (χ3v) is 7.99. The summed E-state index contributed by atoms with van der Waals surface area (Å²) >= 11 is 2.61. The fraction of sp³-hybridized carbons (Fsp3) is 0.400. The van der Waals surface area contributed by atoms with Crippen LogP contribution < -0.4 is 5.56 Å². The molecule has 0 unspecified atom stereocenters. The van der Waals surface area contributed by atoms with Crippen molar-refractivity contribution in [3.63, 3.8) is 0 Å². The minimum Gasteiger partial charge on any atom is -0.462 e. The lowest BCUT2D eigenvalue weighted by Crippen LogP contribution is -2.24. The van der Waals surface area contributed by atoms with E-state index in [1.54, 1.807) is 24.5 Å². The second kappa shape index (κ2) is 10.7. The number of fused-ring (bicyclic) bond motifs is 1. The van der Waals surface area contributed by atoms with Gasteiger partial charge in [-0.2, -0.15) is 0 Å². The summed E-state index contributed by atoms with van der Waals surface area (Å²) in [5, 5.41) is 1.07. The average molecular weight is 487 g/mol. The highest BCUT2D eigenvalue weighted by Crippen LogP contribution is 2.31. The van der Waals surface area contributed by atoms with E-state index in [9.17, 15) is 14.0 Å². The van der Waals surface area contributed by atoms with E-state index >= 15 is 0 Å². The molecule has 33 heavy (non-hydrogen) atoms. The zero-order valence-electron chi connectivity index (χ0n) is 18.9. The number of ether oxygens (including phenoxy) is 1. The summed E-state index contributed by atoms with van der Waals surface area (Å²) in [6.45, 7) is 4.34. The van der Waals surface area contributed by atoms with Crippen molar-refractivity contribution in [2.75, 3.05) is 6.61 Å². The Morgan fingerprint density at radius 1 is 1.33 bits per heavy atom. The van der Waals surface area contributed by atoms with Gasteiger partial charge in [0, 0.05) is 12.3 Å². The Kier molecular flexibility index (Phi) is 7.65. The fourth-order valence-corrected chi connectivity index (χ4v) is 6.14. The van der Waals surface area contributed by atoms with E-state index in [2.05, 4.69) is 6.08 Å². The number of thiophene rings is 1. The molecule has 2 aromatic heterocycles. The molecule has 2 heterocycles. The standard InChI is InChI=1S/C25H27FN2O3S2/c1-3-31-24(30)21-16(2)20-22(33-21)27-25(32-15-18-10-7-11-19(26)14-18)28(23(20)29)13-12-17-8-5-4-6-9-17/h7-8,10-11,14H,3-6,9,12-13,15H2,1-2H3. The molecular formula is C25H27FN2O3S2. The summed E-state index contributed by atoms with van der Waals surface area (Å²) in [5.41, 5.74) is 2.69. The molecule has 0 radical (unpaired) electrons. The van der Waals surface area contributed by atoms with Crippen molar-refractivity contribution in [3.8, 4) is 0 Å². The number of carbonyl (C=O) groups is 1. The largest absolute Gasteiger partial charge is 0.462 e. The normalized spacial score (nSPS) is 13.8. The molecule has 0 amide bonds. The maximum absolute atomic E-state index is 13.6. The van der Waals surface area contributed by atoms with Crippen LogP contribution in [0.1, 0.15) is 59.8 Å². The van der Waals surface area contributed by atoms with Gasteiger partial charge in [0.1, 0.15) is 15.5 Å². The van der Waals surface area contributed by atoms with Gasteiger partial charge in [-0.1, -0.05) is 35.5 Å². The number of hydrogen-bond acceptors (Lipinski definition) is 6. The van der Waals surface area contributed by atoms with Gasteiger partial charge in [-0.15, -0.1) is 11.3 Å². The highest BCUT2D eigenvalue weighted by atomic mass is 32.2. The molecule has 1 aliphatic carbocycles. The summed E-state index contributed by atoms with van der Waals surface area (Å²) in [4.78, 5) is 31.7. The van der Waals surface area contributed by atoms with Crippen molar-refractivity contribution in [1.82, 2.24) is 9.55 Å². The number of aromatic nitrogens is 2. The molecule has 1 aliphatic rings. The first kappa shape index (κ1) is 23.7. The lowest BCUT2D eigenvalue weighted by atomic mass is 9.97. The Bertz CT molecular complexity index is 1260. The maximum Gasteiger partial charge on any atom is 0.348 e. The highest BCUT2D eigenvalue weighted by Gasteiger charge is 2.22. The molecular weight excluding hydrogens is 459 g/mol. The molecule has 0 bridgehead atoms. The van der Waals surface area contributed by atoms with E-state index in [0.29, 0.717) is 38.1 Å². The van der Waals surface area contributed by atoms with Crippen molar-refractivity contribution in [3.05, 3.63) is 68.1 Å². The summed E-state index contributed by atoms with van der Waals surface area (Å²) in [6, 6.07) is 6.45. The van der Waals surface area contributed by atoms with Crippen LogP contribution in [0.3, 0.4) is 0 Å². The van der Waals surface area contributed by atoms with Crippen LogP contribution in [0.2, 0.25) is 0 Å². The number of esters is 1. The molecule has 0 saturated heterocycles. The molecule has 0 spiro atoms. The second-order valence-electron chi connectivity index (χ2n) is 8.08. The van der Waals surface area contributed by atoms with E-state index in [-0.39, 0.29) is 18.0 Å². The molecule has 5 nitrogen and oxygen atoms in total. The number of rotatable bonds is 8. The fourth-order valence-electron chi connectivity index (χ4n) is 4.06. The van der Waals surface area contributed by atoms with Crippen LogP contribution in [0.25, 0.3) is 10.2 Å². The monoisotopic (exact) mass is 486 g/mol. The Balaban J connectivity index is 1.72. The van der Waals surface area contributed by atoms with Gasteiger partial charge in [-0.25, -0.2) is 14.2 Å². The van der Waals surface area contributed by atoms with Gasteiger partial charge < -0.3 is 4.74 Å². The smallest absolute Gasteiger partial charge is 0.348 e. The number of thioether (sulfide) groups is 1. The van der Waals surface area contributed by atoms with E-state index < -0.39 is 5.97 Å². The summed E-state index contributed by atoms with van der Waals surface area (Å²) in [7, 11) is 0. The molecule has 8 heteroatoms. The van der Waals surface area contributed by atoms with E-state index in [1.165, 1.54) is 53.6 Å². The van der Waals surface area contributed by atoms with Crippen LogP contribution >= 0.6 is 23.1 Å². The van der Waals surface area contributed by atoms with Gasteiger partial charge >= 0.3 is 5.97 Å². The Hall–Kier alpha value is -2.45. The molecule has 4 rings (SSSR count). The minimum atomic E-state index is -0.426. The van der Waals surface area contributed by atoms with Gasteiger partial charge in [0.05, 0.1) is 12.0 Å². The number of allylic oxidation sites excluding steroid dienone is 2. The molecule has 0 saturated carbocycles. The summed E-state index contributed by atoms with van der Waals surface area (Å²) < 4.78 is 20.5. The van der Waals surface area contributed by atoms with Crippen LogP contribution in [-0.4, -0.2) is 22.1 Å². The van der Waals surface area contributed by atoms with Crippen LogP contribution in [0.15, 0.2) is 45.9 Å². The lowest BCUT2D eigenvalue weighted by molar-refractivity contribution is 0.0531. The summed E-state index contributed by atoms with van der Waals surface area (Å²) in [5.74, 6) is -0.218. The first-order chi connectivity index (χ1) is 16.0. The molecule has 0 atom stereocenters. The number of hydrogen-bond donors (Lipinski definition) is 0. The zero-order chi connectivity index (χ0) is 23.4. The van der Waals surface area contributed by atoms with Gasteiger partial charge in [0.15, 0.2) is 5.16 Å². The van der Waals surface area contributed by atoms with Crippen molar-refractivity contribution in [2.45, 2.75) is 63.4 Å². The first-order valence-electron chi connectivity index (χ1n) is 11.2. The quantitative estimate of drug-likeness (QED) is 0.163. The average Bonchev–Trinajstić information content (AvgIpc) is 3.14. The number of halogens is 1. The van der Waals surface area contributed by atoms with Gasteiger partial charge in [-0.3, -0.25) is 9.36 Å². The molecule has 3 aromatic rings. The van der Waals surface area contributed by atoms with Crippen molar-refractivity contribution in [2.24, 2.45) is 0 Å². The predicted octanol–water partition coefficient (Wildman–Crippen LogP) is 6.27. The van der Waals surface area contributed by atoms with Crippen molar-refractivity contribution < 1.29 is 13.9 Å². The van der Waals surface area contributed by atoms with Crippen LogP contribution in [0, 0.1) is 12.7 Å². The number of aryl methyl sites for hydroxylation is 1. The lowest BCUT2D eigenvalue weighted by Gasteiger charge is -2.16. The van der Waals surface area contributed by atoms with Crippen LogP contribution in [0.4, 0.5) is 4.39 Å². The third kappa shape index (κ3) is 5.38. The Morgan fingerprint density at radius 3 is 2.91 bits per heavy atom. The summed E-state index contributed by atoms with van der Waals surface area (Å²) in [6.07, 6.45) is 7.65. The Labute approximate surface area is 200 Å². The first-order valence-corrected chi connectivity index (χ1v) is 13.0. The highest BCUT2D eigenvalue weighted by molar-refractivity contribution is 7.98. The number of carbonyl (C=O) groups excluding carboxylic acids is 1. The van der Waals surface area contributed by atoms with Gasteiger partial charge in [0.25, 0.3) is 5.56 Å². The molecule has 0 aliphatic heterocycles. The van der Waals surface area contributed by atoms with E-state index in [1.807, 2.05) is 6.07 Å². The van der Waals surface area contributed by atoms with E-state index in [0.717, 1.165) is 24.8 Å². The van der Waals surface area contributed by atoms with Crippen molar-refractivity contribution >= 4 is 39.3 Å². The van der Waals surface area contributed by atoms with Crippen molar-refractivity contribution in [1.29, 1.82) is 0 Å². The van der Waals surface area contributed by atoms with Gasteiger partial charge in [0.2, 0.25) is 0 Å². The topological polar surface area (TPSA) is 61.2 Å². The molecule has 1 aromatic carbocycles. The second-order valence-corrected chi connectivity index (χ2v) is 10.0. The Morgan fingerprint density at radius 2 is 2.18 bits per heavy atom. The van der Waals surface area contributed by atoms with Gasteiger partial charge in [-0.05, 0) is 69.2 Å². The molecule has 0 N–H and O–H groups in total. The molecule has 0 fully saturated rings. The minimum absolute atomic E-state index is 0.137. The molecule has 174 valence electrons. The number of nitrogens with zero attached hydrogens (tertiary/aromatic N) is 2.